The molecule has 0 bridgehead atoms. The molecule has 0 unspecified atom stereocenters. The summed E-state index contributed by atoms with van der Waals surface area (Å²) in [6.45, 7) is 4.69. The van der Waals surface area contributed by atoms with Gasteiger partial charge < -0.3 is 10.4 Å². The molecule has 0 aliphatic rings. The Hall–Kier alpha value is -3.30. The summed E-state index contributed by atoms with van der Waals surface area (Å²) < 4.78 is 2.68. The minimum Gasteiger partial charge on any atom is -0.396 e. The molecule has 4 rings (SSSR count). The molecule has 4 aromatic rings. The second-order valence-corrected chi connectivity index (χ2v) is 9.81. The molecule has 0 saturated carbocycles. The summed E-state index contributed by atoms with van der Waals surface area (Å²) in [5, 5.41) is 13.2. The van der Waals surface area contributed by atoms with E-state index < -0.39 is 5.56 Å². The molecule has 8 nitrogen and oxygen atoms in total. The van der Waals surface area contributed by atoms with Crippen molar-refractivity contribution >= 4 is 38.4 Å². The van der Waals surface area contributed by atoms with Crippen molar-refractivity contribution in [2.75, 3.05) is 13.2 Å². The number of nitrogens with one attached hydrogen (secondary N) is 1. The van der Waals surface area contributed by atoms with E-state index in [-0.39, 0.29) is 36.1 Å². The lowest BCUT2D eigenvalue weighted by Gasteiger charge is -2.12. The number of amides is 1. The number of benzene rings is 1. The first-order valence-electron chi connectivity index (χ1n) is 11.3. The molecule has 2 N–H and O–H groups in total. The number of thiophene rings is 1. The lowest BCUT2D eigenvalue weighted by molar-refractivity contribution is 0.0952. The third-order valence-electron chi connectivity index (χ3n) is 5.73. The summed E-state index contributed by atoms with van der Waals surface area (Å²) in [6.07, 6.45) is 2.57. The van der Waals surface area contributed by atoms with Crippen LogP contribution in [0.25, 0.3) is 21.1 Å². The molecular weight excluding hydrogens is 452 g/mol. The molecule has 9 heteroatoms. The molecule has 3 aromatic heterocycles. The third kappa shape index (κ3) is 4.41. The smallest absolute Gasteiger partial charge is 0.331 e. The van der Waals surface area contributed by atoms with Crippen molar-refractivity contribution in [1.29, 1.82) is 0 Å². The van der Waals surface area contributed by atoms with Crippen LogP contribution >= 0.6 is 11.3 Å². The van der Waals surface area contributed by atoms with Gasteiger partial charge in [0.05, 0.1) is 16.5 Å². The number of hydrogen-bond acceptors (Lipinski definition) is 6. The summed E-state index contributed by atoms with van der Waals surface area (Å²) in [7, 11) is 1.45. The number of fused-ring (bicyclic) bond motifs is 2. The summed E-state index contributed by atoms with van der Waals surface area (Å²) in [6, 6.07) is 9.70. The monoisotopic (exact) mass is 480 g/mol. The Labute approximate surface area is 200 Å². The van der Waals surface area contributed by atoms with Gasteiger partial charge in [0.1, 0.15) is 4.83 Å². The van der Waals surface area contributed by atoms with Gasteiger partial charge in [0.2, 0.25) is 0 Å². The van der Waals surface area contributed by atoms with Gasteiger partial charge in [-0.3, -0.25) is 23.7 Å². The molecule has 178 valence electrons. The third-order valence-corrected chi connectivity index (χ3v) is 6.94. The van der Waals surface area contributed by atoms with E-state index in [0.29, 0.717) is 34.7 Å². The van der Waals surface area contributed by atoms with E-state index in [1.807, 2.05) is 44.2 Å². The Morgan fingerprint density at radius 2 is 1.97 bits per heavy atom. The van der Waals surface area contributed by atoms with Gasteiger partial charge >= 0.3 is 5.69 Å². The molecule has 0 saturated heterocycles. The minimum atomic E-state index is -0.477. The molecule has 34 heavy (non-hydrogen) atoms. The molecule has 1 amide bonds. The molecule has 0 aliphatic heterocycles. The van der Waals surface area contributed by atoms with Gasteiger partial charge in [0, 0.05) is 49.6 Å². The predicted molar refractivity (Wildman–Crippen MR) is 135 cm³/mol. The van der Waals surface area contributed by atoms with Gasteiger partial charge in [0.15, 0.2) is 0 Å². The van der Waals surface area contributed by atoms with Crippen LogP contribution in [0.2, 0.25) is 0 Å². The van der Waals surface area contributed by atoms with E-state index in [0.717, 1.165) is 21.0 Å². The number of aliphatic hydroxyl groups excluding tert-OH is 1. The van der Waals surface area contributed by atoms with Crippen LogP contribution in [0.15, 0.2) is 46.1 Å². The largest absolute Gasteiger partial charge is 0.396 e. The van der Waals surface area contributed by atoms with Crippen LogP contribution < -0.4 is 16.6 Å². The molecular formula is C25H28N4O4S. The fourth-order valence-electron chi connectivity index (χ4n) is 4.12. The molecule has 0 atom stereocenters. The zero-order valence-electron chi connectivity index (χ0n) is 19.5. The first kappa shape index (κ1) is 23.8. The fraction of sp³-hybridized carbons (Fsp3) is 0.360. The van der Waals surface area contributed by atoms with E-state index >= 15 is 0 Å². The second-order valence-electron chi connectivity index (χ2n) is 8.73. The number of pyridine rings is 1. The SMILES string of the molecule is CC(C)Cn1c(=O)n(C)c(=O)c2c(C(=O)NCCCO)c(Cc3ccnc4ccccc34)sc21. The highest BCUT2D eigenvalue weighted by atomic mass is 32.1. The van der Waals surface area contributed by atoms with Crippen molar-refractivity contribution in [3.63, 3.8) is 0 Å². The number of carbonyl (C=O) groups is 1. The Morgan fingerprint density at radius 1 is 1.21 bits per heavy atom. The highest BCUT2D eigenvalue weighted by Gasteiger charge is 2.26. The summed E-state index contributed by atoms with van der Waals surface area (Å²) in [5.74, 6) is -0.199. The number of aliphatic hydroxyl groups is 1. The second kappa shape index (κ2) is 9.90. The van der Waals surface area contributed by atoms with Crippen LogP contribution in [0.4, 0.5) is 0 Å². The lowest BCUT2D eigenvalue weighted by atomic mass is 10.0. The van der Waals surface area contributed by atoms with E-state index in [9.17, 15) is 14.4 Å². The summed E-state index contributed by atoms with van der Waals surface area (Å²) in [4.78, 5) is 45.2. The van der Waals surface area contributed by atoms with Gasteiger partial charge in [-0.2, -0.15) is 0 Å². The standard InChI is InChI=1S/C25H28N4O4S/c1-15(2)14-29-24-21(23(32)28(3)25(29)33)20(22(31)27-10-6-12-30)19(34-24)13-16-9-11-26-18-8-5-4-7-17(16)18/h4-5,7-9,11,15,30H,6,10,12-14H2,1-3H3,(H,27,31). The van der Waals surface area contributed by atoms with E-state index in [2.05, 4.69) is 10.3 Å². The lowest BCUT2D eigenvalue weighted by Crippen LogP contribution is -2.39. The Balaban J connectivity index is 1.97. The van der Waals surface area contributed by atoms with E-state index in [4.69, 9.17) is 5.11 Å². The summed E-state index contributed by atoms with van der Waals surface area (Å²) in [5.41, 5.74) is 1.27. The van der Waals surface area contributed by atoms with Crippen molar-refractivity contribution in [2.24, 2.45) is 13.0 Å². The van der Waals surface area contributed by atoms with Crippen molar-refractivity contribution in [3.8, 4) is 0 Å². The first-order chi connectivity index (χ1) is 16.3. The highest BCUT2D eigenvalue weighted by Crippen LogP contribution is 2.32. The Bertz CT molecular complexity index is 1480. The summed E-state index contributed by atoms with van der Waals surface area (Å²) >= 11 is 1.32. The number of para-hydroxylation sites is 1. The average molecular weight is 481 g/mol. The predicted octanol–water partition coefficient (Wildman–Crippen LogP) is 2.67. The molecule has 0 spiro atoms. The zero-order valence-corrected chi connectivity index (χ0v) is 20.3. The molecule has 0 fully saturated rings. The highest BCUT2D eigenvalue weighted by molar-refractivity contribution is 7.19. The van der Waals surface area contributed by atoms with Crippen molar-refractivity contribution in [2.45, 2.75) is 33.2 Å². The number of carbonyl (C=O) groups excluding carboxylic acids is 1. The van der Waals surface area contributed by atoms with Gasteiger partial charge in [-0.25, -0.2) is 4.79 Å². The van der Waals surface area contributed by atoms with Gasteiger partial charge in [-0.05, 0) is 30.0 Å². The zero-order chi connectivity index (χ0) is 24.4. The van der Waals surface area contributed by atoms with Gasteiger partial charge in [-0.15, -0.1) is 11.3 Å². The normalized spacial score (nSPS) is 11.6. The number of nitrogens with zero attached hydrogens (tertiary/aromatic N) is 3. The number of rotatable bonds is 8. The quantitative estimate of drug-likeness (QED) is 0.377. The Kier molecular flexibility index (Phi) is 6.95. The Morgan fingerprint density at radius 3 is 2.71 bits per heavy atom. The molecule has 3 heterocycles. The molecule has 1 aromatic carbocycles. The maximum atomic E-state index is 13.3. The number of hydrogen-bond donors (Lipinski definition) is 2. The van der Waals surface area contributed by atoms with Crippen LogP contribution in [0.1, 0.15) is 41.1 Å². The van der Waals surface area contributed by atoms with Gasteiger partial charge in [0.25, 0.3) is 11.5 Å². The first-order valence-corrected chi connectivity index (χ1v) is 12.1. The minimum absolute atomic E-state index is 0.0454. The topological polar surface area (TPSA) is 106 Å². The van der Waals surface area contributed by atoms with Crippen LogP contribution in [0, 0.1) is 5.92 Å². The van der Waals surface area contributed by atoms with E-state index in [1.165, 1.54) is 18.4 Å². The molecule has 0 radical (unpaired) electrons. The van der Waals surface area contributed by atoms with Crippen molar-refractivity contribution < 1.29 is 9.90 Å². The average Bonchev–Trinajstić information content (AvgIpc) is 3.20. The number of aromatic nitrogens is 3. The van der Waals surface area contributed by atoms with Crippen LogP contribution in [-0.4, -0.2) is 38.3 Å². The molecule has 0 aliphatic carbocycles. The van der Waals surface area contributed by atoms with Crippen LogP contribution in [0.3, 0.4) is 0 Å². The van der Waals surface area contributed by atoms with Crippen LogP contribution in [0.5, 0.6) is 0 Å². The van der Waals surface area contributed by atoms with Crippen molar-refractivity contribution in [3.05, 3.63) is 73.4 Å². The van der Waals surface area contributed by atoms with Crippen LogP contribution in [-0.2, 0) is 20.0 Å². The van der Waals surface area contributed by atoms with Gasteiger partial charge in [-0.1, -0.05) is 32.0 Å². The maximum absolute atomic E-state index is 13.3. The maximum Gasteiger partial charge on any atom is 0.331 e. The fourth-order valence-corrected chi connectivity index (χ4v) is 5.43. The van der Waals surface area contributed by atoms with Crippen molar-refractivity contribution in [1.82, 2.24) is 19.4 Å². The van der Waals surface area contributed by atoms with E-state index in [1.54, 1.807) is 10.8 Å².